The van der Waals surface area contributed by atoms with Crippen LogP contribution in [-0.4, -0.2) is 11.1 Å². The van der Waals surface area contributed by atoms with Crippen molar-refractivity contribution in [3.05, 3.63) is 57.9 Å². The molecule has 0 spiro atoms. The standard InChI is InChI=1S/C19H19FN2O2/c1-10-4-5-13(9-21)18(12(10)3)14-6-11(2)19(20)15(7-14)16(22)8-17(23)24/h4-7,16H,8,22H2,1-3H3,(H,23,24)/t16-/m0/s1. The average Bonchev–Trinajstić information content (AvgIpc) is 2.51. The van der Waals surface area contributed by atoms with Crippen LogP contribution < -0.4 is 5.73 Å². The Labute approximate surface area is 140 Å². The Bertz CT molecular complexity index is 853. The smallest absolute Gasteiger partial charge is 0.305 e. The molecule has 2 aromatic rings. The molecule has 0 aliphatic rings. The third-order valence-electron chi connectivity index (χ3n) is 4.22. The molecule has 24 heavy (non-hydrogen) atoms. The monoisotopic (exact) mass is 326 g/mol. The SMILES string of the molecule is Cc1ccc(C#N)c(-c2cc(C)c(F)c([C@@H](N)CC(=O)O)c2)c1C. The molecule has 0 saturated heterocycles. The Hall–Kier alpha value is -2.71. The Morgan fingerprint density at radius 3 is 2.54 bits per heavy atom. The predicted octanol–water partition coefficient (Wildman–Crippen LogP) is 3.76. The third-order valence-corrected chi connectivity index (χ3v) is 4.22. The van der Waals surface area contributed by atoms with Crippen LogP contribution in [0, 0.1) is 37.9 Å². The molecule has 0 aromatic heterocycles. The molecule has 124 valence electrons. The molecule has 0 amide bonds. The first-order valence-electron chi connectivity index (χ1n) is 7.54. The van der Waals surface area contributed by atoms with Gasteiger partial charge in [0.15, 0.2) is 0 Å². The quantitative estimate of drug-likeness (QED) is 0.895. The van der Waals surface area contributed by atoms with E-state index in [1.807, 2.05) is 19.9 Å². The Morgan fingerprint density at radius 1 is 1.29 bits per heavy atom. The minimum absolute atomic E-state index is 0.150. The van der Waals surface area contributed by atoms with E-state index < -0.39 is 17.8 Å². The number of benzene rings is 2. The highest BCUT2D eigenvalue weighted by Crippen LogP contribution is 2.33. The topological polar surface area (TPSA) is 87.1 Å². The summed E-state index contributed by atoms with van der Waals surface area (Å²) in [5.74, 6) is -1.59. The number of nitrogens with two attached hydrogens (primary N) is 1. The van der Waals surface area contributed by atoms with Gasteiger partial charge >= 0.3 is 5.97 Å². The summed E-state index contributed by atoms with van der Waals surface area (Å²) in [6.07, 6.45) is -0.363. The Morgan fingerprint density at radius 2 is 1.96 bits per heavy atom. The molecule has 0 saturated carbocycles. The van der Waals surface area contributed by atoms with Crippen LogP contribution in [0.25, 0.3) is 11.1 Å². The fraction of sp³-hybridized carbons (Fsp3) is 0.263. The van der Waals surface area contributed by atoms with Gasteiger partial charge in [-0.15, -0.1) is 0 Å². The lowest BCUT2D eigenvalue weighted by Crippen LogP contribution is -2.17. The fourth-order valence-electron chi connectivity index (χ4n) is 2.79. The zero-order chi connectivity index (χ0) is 18.0. The van der Waals surface area contributed by atoms with Crippen molar-refractivity contribution in [2.75, 3.05) is 0 Å². The van der Waals surface area contributed by atoms with Crippen molar-refractivity contribution >= 4 is 5.97 Å². The van der Waals surface area contributed by atoms with E-state index in [4.69, 9.17) is 10.8 Å². The van der Waals surface area contributed by atoms with Crippen molar-refractivity contribution in [3.8, 4) is 17.2 Å². The number of nitriles is 1. The number of carbonyl (C=O) groups is 1. The van der Waals surface area contributed by atoms with Crippen LogP contribution in [0.1, 0.15) is 40.3 Å². The molecular formula is C19H19FN2O2. The van der Waals surface area contributed by atoms with Crippen LogP contribution in [0.15, 0.2) is 24.3 Å². The van der Waals surface area contributed by atoms with Crippen LogP contribution in [0.3, 0.4) is 0 Å². The lowest BCUT2D eigenvalue weighted by atomic mass is 9.89. The molecule has 2 rings (SSSR count). The normalized spacial score (nSPS) is 11.8. The number of aryl methyl sites for hydroxylation is 2. The number of carboxylic acid groups (broad SMARTS) is 1. The first-order chi connectivity index (χ1) is 11.3. The molecule has 0 radical (unpaired) electrons. The van der Waals surface area contributed by atoms with Gasteiger partial charge in [0.1, 0.15) is 5.82 Å². The number of rotatable bonds is 4. The summed E-state index contributed by atoms with van der Waals surface area (Å²) in [6.45, 7) is 5.45. The van der Waals surface area contributed by atoms with E-state index in [2.05, 4.69) is 6.07 Å². The van der Waals surface area contributed by atoms with Crippen LogP contribution in [0.5, 0.6) is 0 Å². The Kier molecular flexibility index (Phi) is 5.01. The highest BCUT2D eigenvalue weighted by atomic mass is 19.1. The zero-order valence-electron chi connectivity index (χ0n) is 13.9. The number of carboxylic acids is 1. The summed E-state index contributed by atoms with van der Waals surface area (Å²) < 4.78 is 14.4. The van der Waals surface area contributed by atoms with Gasteiger partial charge < -0.3 is 10.8 Å². The maximum absolute atomic E-state index is 14.4. The van der Waals surface area contributed by atoms with Crippen LogP contribution in [0.4, 0.5) is 4.39 Å². The maximum Gasteiger partial charge on any atom is 0.305 e. The van der Waals surface area contributed by atoms with E-state index in [0.29, 0.717) is 16.7 Å². The van der Waals surface area contributed by atoms with Gasteiger partial charge in [-0.25, -0.2) is 4.39 Å². The summed E-state index contributed by atoms with van der Waals surface area (Å²) >= 11 is 0. The third kappa shape index (κ3) is 3.29. The predicted molar refractivity (Wildman–Crippen MR) is 89.9 cm³/mol. The molecule has 2 aromatic carbocycles. The van der Waals surface area contributed by atoms with Crippen molar-refractivity contribution in [1.82, 2.24) is 0 Å². The number of hydrogen-bond donors (Lipinski definition) is 2. The molecule has 0 bridgehead atoms. The van der Waals surface area contributed by atoms with Crippen molar-refractivity contribution in [1.29, 1.82) is 5.26 Å². The van der Waals surface area contributed by atoms with Gasteiger partial charge in [0.25, 0.3) is 0 Å². The number of nitrogens with zero attached hydrogens (tertiary/aromatic N) is 1. The highest BCUT2D eigenvalue weighted by Gasteiger charge is 2.20. The second-order valence-corrected chi connectivity index (χ2v) is 5.94. The van der Waals surface area contributed by atoms with Crippen molar-refractivity contribution < 1.29 is 14.3 Å². The van der Waals surface area contributed by atoms with Gasteiger partial charge in [0.05, 0.1) is 18.1 Å². The summed E-state index contributed by atoms with van der Waals surface area (Å²) in [5.41, 5.74) is 10.2. The molecule has 3 N–H and O–H groups in total. The minimum atomic E-state index is -1.09. The number of hydrogen-bond acceptors (Lipinski definition) is 3. The molecule has 0 unspecified atom stereocenters. The zero-order valence-corrected chi connectivity index (χ0v) is 13.9. The summed E-state index contributed by atoms with van der Waals surface area (Å²) in [7, 11) is 0. The van der Waals surface area contributed by atoms with E-state index in [-0.39, 0.29) is 12.0 Å². The largest absolute Gasteiger partial charge is 0.481 e. The second-order valence-electron chi connectivity index (χ2n) is 5.94. The van der Waals surface area contributed by atoms with Gasteiger partial charge in [0.2, 0.25) is 0 Å². The van der Waals surface area contributed by atoms with Crippen LogP contribution in [-0.2, 0) is 4.79 Å². The summed E-state index contributed by atoms with van der Waals surface area (Å²) in [4.78, 5) is 10.9. The molecule has 5 heteroatoms. The van der Waals surface area contributed by atoms with Gasteiger partial charge in [0, 0.05) is 17.2 Å². The highest BCUT2D eigenvalue weighted by molar-refractivity contribution is 5.76. The lowest BCUT2D eigenvalue weighted by Gasteiger charge is -2.17. The van der Waals surface area contributed by atoms with Gasteiger partial charge in [-0.3, -0.25) is 4.79 Å². The number of halogens is 1. The van der Waals surface area contributed by atoms with E-state index in [1.165, 1.54) is 0 Å². The summed E-state index contributed by atoms with van der Waals surface area (Å²) in [6, 6.07) is 8.02. The lowest BCUT2D eigenvalue weighted by molar-refractivity contribution is -0.137. The van der Waals surface area contributed by atoms with Gasteiger partial charge in [-0.05, 0) is 61.2 Å². The molecule has 1 atom stereocenters. The minimum Gasteiger partial charge on any atom is -0.481 e. The number of aliphatic carboxylic acids is 1. The fourth-order valence-corrected chi connectivity index (χ4v) is 2.79. The van der Waals surface area contributed by atoms with Gasteiger partial charge in [-0.2, -0.15) is 5.26 Å². The first-order valence-corrected chi connectivity index (χ1v) is 7.54. The van der Waals surface area contributed by atoms with Gasteiger partial charge in [-0.1, -0.05) is 6.07 Å². The van der Waals surface area contributed by atoms with E-state index in [1.54, 1.807) is 25.1 Å². The van der Waals surface area contributed by atoms with Crippen molar-refractivity contribution in [2.24, 2.45) is 5.73 Å². The summed E-state index contributed by atoms with van der Waals surface area (Å²) in [5, 5.41) is 18.3. The molecule has 0 fully saturated rings. The molecular weight excluding hydrogens is 307 g/mol. The first kappa shape index (κ1) is 17.6. The molecule has 4 nitrogen and oxygen atoms in total. The molecule has 0 aliphatic carbocycles. The Balaban J connectivity index is 2.70. The average molecular weight is 326 g/mol. The van der Waals surface area contributed by atoms with E-state index in [0.717, 1.165) is 16.7 Å². The van der Waals surface area contributed by atoms with E-state index in [9.17, 15) is 14.4 Å². The van der Waals surface area contributed by atoms with E-state index >= 15 is 0 Å². The second kappa shape index (κ2) is 6.81. The van der Waals surface area contributed by atoms with Crippen molar-refractivity contribution in [3.63, 3.8) is 0 Å². The van der Waals surface area contributed by atoms with Crippen LogP contribution in [0.2, 0.25) is 0 Å². The maximum atomic E-state index is 14.4. The van der Waals surface area contributed by atoms with Crippen molar-refractivity contribution in [2.45, 2.75) is 33.2 Å². The molecule has 0 aliphatic heterocycles. The molecule has 0 heterocycles. The van der Waals surface area contributed by atoms with Crippen LogP contribution >= 0.6 is 0 Å².